The van der Waals surface area contributed by atoms with E-state index in [1.165, 1.54) is 12.1 Å². The molecular formula is C15H20ClF3N2O2. The Kier molecular flexibility index (Phi) is 7.15. The predicted molar refractivity (Wildman–Crippen MR) is 83.8 cm³/mol. The Morgan fingerprint density at radius 3 is 2.61 bits per heavy atom. The number of carbonyl (C=O) groups excluding carboxylic acids is 1. The maximum Gasteiger partial charge on any atom is 0.422 e. The van der Waals surface area contributed by atoms with Crippen molar-refractivity contribution in [1.29, 1.82) is 0 Å². The van der Waals surface area contributed by atoms with Crippen LogP contribution in [0, 0.1) is 5.92 Å². The van der Waals surface area contributed by atoms with Crippen LogP contribution >= 0.6 is 12.4 Å². The molecule has 0 aromatic heterocycles. The molecule has 1 aromatic carbocycles. The van der Waals surface area contributed by atoms with E-state index in [0.717, 1.165) is 19.3 Å². The second-order valence-corrected chi connectivity index (χ2v) is 5.51. The van der Waals surface area contributed by atoms with Crippen molar-refractivity contribution in [3.05, 3.63) is 24.3 Å². The van der Waals surface area contributed by atoms with Gasteiger partial charge in [0.15, 0.2) is 6.61 Å². The minimum absolute atomic E-state index is 0. The van der Waals surface area contributed by atoms with Crippen LogP contribution in [0.3, 0.4) is 0 Å². The molecule has 3 N–H and O–H groups in total. The van der Waals surface area contributed by atoms with Crippen LogP contribution in [0.4, 0.5) is 18.9 Å². The highest BCUT2D eigenvalue weighted by Crippen LogP contribution is 2.29. The van der Waals surface area contributed by atoms with Crippen molar-refractivity contribution < 1.29 is 22.7 Å². The number of nitrogens with one attached hydrogen (secondary N) is 1. The average Bonchev–Trinajstić information content (AvgIpc) is 2.82. The maximum atomic E-state index is 12.2. The Balaban J connectivity index is 0.00000264. The van der Waals surface area contributed by atoms with Gasteiger partial charge in [0.25, 0.3) is 0 Å². The van der Waals surface area contributed by atoms with Crippen LogP contribution < -0.4 is 15.8 Å². The second kappa shape index (κ2) is 8.40. The Morgan fingerprint density at radius 2 is 2.00 bits per heavy atom. The summed E-state index contributed by atoms with van der Waals surface area (Å²) in [7, 11) is 0. The average molecular weight is 353 g/mol. The Bertz CT molecular complexity index is 526. The number of ether oxygens (including phenoxy) is 1. The van der Waals surface area contributed by atoms with Crippen LogP contribution in [-0.2, 0) is 4.79 Å². The Labute approximate surface area is 139 Å². The van der Waals surface area contributed by atoms with Crippen LogP contribution in [0.1, 0.15) is 25.7 Å². The van der Waals surface area contributed by atoms with E-state index in [2.05, 4.69) is 5.32 Å². The number of benzene rings is 1. The summed E-state index contributed by atoms with van der Waals surface area (Å²) >= 11 is 0. The van der Waals surface area contributed by atoms with Crippen molar-refractivity contribution in [2.45, 2.75) is 37.9 Å². The molecule has 23 heavy (non-hydrogen) atoms. The number of halogens is 4. The monoisotopic (exact) mass is 352 g/mol. The number of amides is 1. The molecule has 1 amide bonds. The minimum Gasteiger partial charge on any atom is -0.482 e. The first-order valence-corrected chi connectivity index (χ1v) is 7.19. The highest BCUT2D eigenvalue weighted by molar-refractivity contribution is 5.92. The van der Waals surface area contributed by atoms with E-state index in [1.54, 1.807) is 12.1 Å². The lowest BCUT2D eigenvalue weighted by Crippen LogP contribution is -2.28. The fourth-order valence-electron chi connectivity index (χ4n) is 2.61. The lowest BCUT2D eigenvalue weighted by Gasteiger charge is -2.16. The second-order valence-electron chi connectivity index (χ2n) is 5.51. The standard InChI is InChI=1S/C15H19F3N2O2.ClH/c16-15(17,18)9-22-13-7-2-1-6-12(13)20-14(21)8-10-4-3-5-11(10)19;/h1-2,6-7,10-11H,3-5,8-9,19H2,(H,20,21);1H/t10-,11+;/m0./s1. The molecule has 1 aromatic rings. The molecule has 0 radical (unpaired) electrons. The van der Waals surface area contributed by atoms with E-state index in [1.807, 2.05) is 0 Å². The molecular weight excluding hydrogens is 333 g/mol. The molecule has 0 unspecified atom stereocenters. The fraction of sp³-hybridized carbons (Fsp3) is 0.533. The summed E-state index contributed by atoms with van der Waals surface area (Å²) in [5.74, 6) is -0.127. The van der Waals surface area contributed by atoms with Gasteiger partial charge in [0.2, 0.25) is 5.91 Å². The summed E-state index contributed by atoms with van der Waals surface area (Å²) < 4.78 is 41.4. The number of rotatable bonds is 5. The van der Waals surface area contributed by atoms with E-state index < -0.39 is 12.8 Å². The van der Waals surface area contributed by atoms with Gasteiger partial charge in [-0.15, -0.1) is 12.4 Å². The smallest absolute Gasteiger partial charge is 0.422 e. The molecule has 1 aliphatic rings. The molecule has 2 rings (SSSR count). The Hall–Kier alpha value is -1.47. The quantitative estimate of drug-likeness (QED) is 0.852. The van der Waals surface area contributed by atoms with E-state index in [9.17, 15) is 18.0 Å². The first-order valence-electron chi connectivity index (χ1n) is 7.19. The van der Waals surface area contributed by atoms with Crippen LogP contribution in [0.25, 0.3) is 0 Å². The molecule has 8 heteroatoms. The van der Waals surface area contributed by atoms with E-state index in [4.69, 9.17) is 10.5 Å². The van der Waals surface area contributed by atoms with Crippen molar-refractivity contribution in [3.63, 3.8) is 0 Å². The van der Waals surface area contributed by atoms with Gasteiger partial charge >= 0.3 is 6.18 Å². The third kappa shape index (κ3) is 6.27. The zero-order chi connectivity index (χ0) is 16.2. The van der Waals surface area contributed by atoms with Gasteiger partial charge in [0.05, 0.1) is 5.69 Å². The molecule has 0 aliphatic heterocycles. The number of para-hydroxylation sites is 2. The number of hydrogen-bond donors (Lipinski definition) is 2. The van der Waals surface area contributed by atoms with E-state index >= 15 is 0 Å². The number of carbonyl (C=O) groups is 1. The molecule has 0 heterocycles. The van der Waals surface area contributed by atoms with Crippen molar-refractivity contribution >= 4 is 24.0 Å². The van der Waals surface area contributed by atoms with Crippen LogP contribution in [-0.4, -0.2) is 24.7 Å². The summed E-state index contributed by atoms with van der Waals surface area (Å²) in [6, 6.07) is 6.09. The topological polar surface area (TPSA) is 64.4 Å². The largest absolute Gasteiger partial charge is 0.482 e. The van der Waals surface area contributed by atoms with Crippen molar-refractivity contribution in [1.82, 2.24) is 0 Å². The van der Waals surface area contributed by atoms with Gasteiger partial charge in [-0.2, -0.15) is 13.2 Å². The molecule has 4 nitrogen and oxygen atoms in total. The molecule has 1 aliphatic carbocycles. The lowest BCUT2D eigenvalue weighted by molar-refractivity contribution is -0.153. The summed E-state index contributed by atoms with van der Waals surface area (Å²) in [5, 5.41) is 2.61. The van der Waals surface area contributed by atoms with Gasteiger partial charge in [0, 0.05) is 12.5 Å². The number of anilines is 1. The van der Waals surface area contributed by atoms with Gasteiger partial charge in [-0.3, -0.25) is 4.79 Å². The van der Waals surface area contributed by atoms with Gasteiger partial charge in [-0.1, -0.05) is 18.6 Å². The number of nitrogens with two attached hydrogens (primary N) is 1. The molecule has 2 atom stereocenters. The summed E-state index contributed by atoms with van der Waals surface area (Å²) in [4.78, 5) is 12.0. The van der Waals surface area contributed by atoms with Gasteiger partial charge < -0.3 is 15.8 Å². The van der Waals surface area contributed by atoms with E-state index in [-0.39, 0.29) is 48.1 Å². The first-order chi connectivity index (χ1) is 10.3. The third-order valence-corrected chi connectivity index (χ3v) is 3.72. The van der Waals surface area contributed by atoms with Crippen molar-refractivity contribution in [2.75, 3.05) is 11.9 Å². The van der Waals surface area contributed by atoms with Crippen LogP contribution in [0.15, 0.2) is 24.3 Å². The van der Waals surface area contributed by atoms with Crippen molar-refractivity contribution in [3.8, 4) is 5.75 Å². The summed E-state index contributed by atoms with van der Waals surface area (Å²) in [6.07, 6.45) is -1.34. The zero-order valence-electron chi connectivity index (χ0n) is 12.4. The van der Waals surface area contributed by atoms with Gasteiger partial charge in [-0.25, -0.2) is 0 Å². The molecule has 130 valence electrons. The SMILES string of the molecule is Cl.N[C@@H]1CCC[C@H]1CC(=O)Nc1ccccc1OCC(F)(F)F. The number of alkyl halides is 3. The number of hydrogen-bond acceptors (Lipinski definition) is 3. The maximum absolute atomic E-state index is 12.2. The lowest BCUT2D eigenvalue weighted by atomic mass is 10.00. The minimum atomic E-state index is -4.42. The normalized spacial score (nSPS) is 20.7. The Morgan fingerprint density at radius 1 is 1.30 bits per heavy atom. The van der Waals surface area contributed by atoms with E-state index in [0.29, 0.717) is 0 Å². The van der Waals surface area contributed by atoms with Crippen LogP contribution in [0.2, 0.25) is 0 Å². The highest BCUT2D eigenvalue weighted by atomic mass is 35.5. The summed E-state index contributed by atoms with van der Waals surface area (Å²) in [6.45, 7) is -1.40. The fourth-order valence-corrected chi connectivity index (χ4v) is 2.61. The van der Waals surface area contributed by atoms with Crippen molar-refractivity contribution in [2.24, 2.45) is 11.7 Å². The molecule has 1 saturated carbocycles. The molecule has 1 fully saturated rings. The molecule has 0 bridgehead atoms. The van der Waals surface area contributed by atoms with Gasteiger partial charge in [-0.05, 0) is 30.9 Å². The predicted octanol–water partition coefficient (Wildman–Crippen LogP) is 3.51. The van der Waals surface area contributed by atoms with Crippen LogP contribution in [0.5, 0.6) is 5.75 Å². The third-order valence-electron chi connectivity index (χ3n) is 3.72. The zero-order valence-corrected chi connectivity index (χ0v) is 13.3. The van der Waals surface area contributed by atoms with Gasteiger partial charge in [0.1, 0.15) is 5.75 Å². The molecule has 0 saturated heterocycles. The highest BCUT2D eigenvalue weighted by Gasteiger charge is 2.29. The summed E-state index contributed by atoms with van der Waals surface area (Å²) in [5.41, 5.74) is 6.16. The molecule has 0 spiro atoms. The first kappa shape index (κ1) is 19.6.